The second kappa shape index (κ2) is 9.75. The van der Waals surface area contributed by atoms with Crippen LogP contribution in [0.2, 0.25) is 0 Å². The normalized spacial score (nSPS) is 12.6. The van der Waals surface area contributed by atoms with Gasteiger partial charge in [-0.1, -0.05) is 56.2 Å². The third kappa shape index (κ3) is 5.33. The third-order valence-corrected chi connectivity index (χ3v) is 5.64. The second-order valence-electron chi connectivity index (χ2n) is 6.98. The van der Waals surface area contributed by atoms with Crippen LogP contribution in [0.5, 0.6) is 5.75 Å². The summed E-state index contributed by atoms with van der Waals surface area (Å²) in [6.45, 7) is 4.28. The highest BCUT2D eigenvalue weighted by Gasteiger charge is 2.14. The molecule has 2 nitrogen and oxygen atoms in total. The Kier molecular flexibility index (Phi) is 7.10. The van der Waals surface area contributed by atoms with E-state index in [1.54, 1.807) is 11.3 Å². The van der Waals surface area contributed by atoms with E-state index in [1.165, 1.54) is 28.5 Å². The van der Waals surface area contributed by atoms with Gasteiger partial charge in [-0.2, -0.15) is 0 Å². The van der Waals surface area contributed by atoms with Crippen LogP contribution in [0.3, 0.4) is 0 Å². The van der Waals surface area contributed by atoms with E-state index in [0.29, 0.717) is 0 Å². The monoisotopic (exact) mass is 367 g/mol. The minimum Gasteiger partial charge on any atom is -0.490 e. The van der Waals surface area contributed by atoms with Crippen LogP contribution in [0.25, 0.3) is 10.1 Å². The lowest BCUT2D eigenvalue weighted by Crippen LogP contribution is -2.26. The fraction of sp³-hybridized carbons (Fsp3) is 0.391. The van der Waals surface area contributed by atoms with Crippen molar-refractivity contribution in [2.75, 3.05) is 13.6 Å². The molecule has 0 aliphatic carbocycles. The Morgan fingerprint density at radius 3 is 2.65 bits per heavy atom. The van der Waals surface area contributed by atoms with E-state index in [0.717, 1.165) is 31.7 Å². The van der Waals surface area contributed by atoms with E-state index in [4.69, 9.17) is 4.74 Å². The van der Waals surface area contributed by atoms with E-state index < -0.39 is 0 Å². The molecule has 3 rings (SSSR count). The summed E-state index contributed by atoms with van der Waals surface area (Å²) in [5.41, 5.74) is 1.36. The largest absolute Gasteiger partial charge is 0.490 e. The molecular formula is C23H29NOS. The molecule has 0 fully saturated rings. The number of nitrogens with zero attached hydrogens (tertiary/aromatic N) is 1. The Morgan fingerprint density at radius 1 is 1.00 bits per heavy atom. The van der Waals surface area contributed by atoms with Gasteiger partial charge in [-0.25, -0.2) is 0 Å². The van der Waals surface area contributed by atoms with Gasteiger partial charge in [0.25, 0.3) is 0 Å². The molecule has 1 heterocycles. The maximum absolute atomic E-state index is 6.47. The fourth-order valence-corrected chi connectivity index (χ4v) is 4.08. The molecule has 0 amide bonds. The van der Waals surface area contributed by atoms with Crippen LogP contribution in [-0.2, 0) is 6.54 Å². The molecule has 3 heteroatoms. The van der Waals surface area contributed by atoms with Crippen molar-refractivity contribution in [3.8, 4) is 5.75 Å². The van der Waals surface area contributed by atoms with E-state index in [9.17, 15) is 0 Å². The van der Waals surface area contributed by atoms with Crippen LogP contribution < -0.4 is 4.74 Å². The summed E-state index contributed by atoms with van der Waals surface area (Å²) in [6.07, 6.45) is 4.88. The van der Waals surface area contributed by atoms with E-state index in [2.05, 4.69) is 78.8 Å². The summed E-state index contributed by atoms with van der Waals surface area (Å²) in [5, 5.41) is 3.39. The predicted molar refractivity (Wildman–Crippen MR) is 113 cm³/mol. The van der Waals surface area contributed by atoms with Crippen LogP contribution in [0.1, 0.15) is 38.2 Å². The molecule has 0 aliphatic heterocycles. The second-order valence-corrected chi connectivity index (χ2v) is 7.93. The van der Waals surface area contributed by atoms with E-state index in [1.807, 2.05) is 0 Å². The minimum atomic E-state index is 0.277. The molecular weight excluding hydrogens is 338 g/mol. The Labute approximate surface area is 161 Å². The number of unbranched alkanes of at least 4 members (excludes halogenated alkanes) is 1. The van der Waals surface area contributed by atoms with Crippen molar-refractivity contribution in [2.45, 2.75) is 45.3 Å². The molecule has 0 aliphatic rings. The van der Waals surface area contributed by atoms with Gasteiger partial charge in [0.05, 0.1) is 6.10 Å². The zero-order valence-electron chi connectivity index (χ0n) is 15.9. The molecule has 1 atom stereocenters. The lowest BCUT2D eigenvalue weighted by Gasteiger charge is -2.23. The van der Waals surface area contributed by atoms with Crippen LogP contribution in [0.4, 0.5) is 0 Å². The topological polar surface area (TPSA) is 12.5 Å². The van der Waals surface area contributed by atoms with Gasteiger partial charge >= 0.3 is 0 Å². The first kappa shape index (κ1) is 18.9. The lowest BCUT2D eigenvalue weighted by molar-refractivity contribution is 0.159. The molecule has 0 bridgehead atoms. The number of rotatable bonds is 10. The van der Waals surface area contributed by atoms with Crippen molar-refractivity contribution in [3.05, 3.63) is 65.5 Å². The molecule has 0 spiro atoms. The first-order valence-electron chi connectivity index (χ1n) is 9.61. The molecule has 3 aromatic rings. The lowest BCUT2D eigenvalue weighted by atomic mass is 10.1. The molecule has 1 unspecified atom stereocenters. The molecule has 2 aromatic carbocycles. The summed E-state index contributed by atoms with van der Waals surface area (Å²) in [6, 6.07) is 19.2. The number of hydrogen-bond donors (Lipinski definition) is 0. The highest BCUT2D eigenvalue weighted by Crippen LogP contribution is 2.31. The Balaban J connectivity index is 1.59. The van der Waals surface area contributed by atoms with Crippen LogP contribution in [0.15, 0.2) is 60.0 Å². The van der Waals surface area contributed by atoms with Crippen molar-refractivity contribution in [2.24, 2.45) is 0 Å². The van der Waals surface area contributed by atoms with Gasteiger partial charge < -0.3 is 9.64 Å². The Morgan fingerprint density at radius 2 is 1.85 bits per heavy atom. The zero-order chi connectivity index (χ0) is 18.2. The van der Waals surface area contributed by atoms with Crippen LogP contribution >= 0.6 is 11.3 Å². The third-order valence-electron chi connectivity index (χ3n) is 4.76. The summed E-state index contributed by atoms with van der Waals surface area (Å²) < 4.78 is 7.77. The highest BCUT2D eigenvalue weighted by molar-refractivity contribution is 7.17. The van der Waals surface area contributed by atoms with Crippen molar-refractivity contribution in [3.63, 3.8) is 0 Å². The maximum Gasteiger partial charge on any atom is 0.128 e. The SMILES string of the molecule is CCCCC(CCN(C)Cc1ccccc1)Oc1cccc2sccc12. The predicted octanol–water partition coefficient (Wildman–Crippen LogP) is 6.36. The average molecular weight is 368 g/mol. The van der Waals surface area contributed by atoms with Gasteiger partial charge in [0, 0.05) is 23.2 Å². The summed E-state index contributed by atoms with van der Waals surface area (Å²) in [7, 11) is 2.20. The molecule has 0 radical (unpaired) electrons. The molecule has 1 aromatic heterocycles. The maximum atomic E-state index is 6.47. The summed E-state index contributed by atoms with van der Waals surface area (Å²) in [4.78, 5) is 2.39. The smallest absolute Gasteiger partial charge is 0.128 e. The van der Waals surface area contributed by atoms with Crippen molar-refractivity contribution in [1.82, 2.24) is 4.90 Å². The Bertz CT molecular complexity index is 783. The minimum absolute atomic E-state index is 0.277. The van der Waals surface area contributed by atoms with Gasteiger partial charge in [-0.3, -0.25) is 0 Å². The highest BCUT2D eigenvalue weighted by atomic mass is 32.1. The standard InChI is InChI=1S/C23H29NOS/c1-3-4-11-20(14-16-24(2)18-19-9-6-5-7-10-19)25-22-12-8-13-23-21(22)15-17-26-23/h5-10,12-13,15,17,20H,3-4,11,14,16,18H2,1-2H3. The first-order chi connectivity index (χ1) is 12.8. The van der Waals surface area contributed by atoms with Gasteiger partial charge in [0.1, 0.15) is 5.75 Å². The van der Waals surface area contributed by atoms with Crippen LogP contribution in [-0.4, -0.2) is 24.6 Å². The number of fused-ring (bicyclic) bond motifs is 1. The van der Waals surface area contributed by atoms with Gasteiger partial charge in [-0.05, 0) is 49.0 Å². The molecule has 26 heavy (non-hydrogen) atoms. The number of thiophene rings is 1. The Hall–Kier alpha value is -1.84. The number of hydrogen-bond acceptors (Lipinski definition) is 3. The summed E-state index contributed by atoms with van der Waals surface area (Å²) in [5.74, 6) is 1.04. The number of benzene rings is 2. The average Bonchev–Trinajstić information content (AvgIpc) is 3.14. The van der Waals surface area contributed by atoms with Crippen molar-refractivity contribution >= 4 is 21.4 Å². The van der Waals surface area contributed by atoms with Crippen LogP contribution in [0, 0.1) is 0 Å². The van der Waals surface area contributed by atoms with E-state index in [-0.39, 0.29) is 6.10 Å². The van der Waals surface area contributed by atoms with Crippen molar-refractivity contribution < 1.29 is 4.74 Å². The zero-order valence-corrected chi connectivity index (χ0v) is 16.7. The molecule has 138 valence electrons. The van der Waals surface area contributed by atoms with Crippen molar-refractivity contribution in [1.29, 1.82) is 0 Å². The van der Waals surface area contributed by atoms with Gasteiger partial charge in [0.15, 0.2) is 0 Å². The number of ether oxygens (including phenoxy) is 1. The van der Waals surface area contributed by atoms with Gasteiger partial charge in [-0.15, -0.1) is 11.3 Å². The van der Waals surface area contributed by atoms with Gasteiger partial charge in [0.2, 0.25) is 0 Å². The molecule has 0 N–H and O–H groups in total. The fourth-order valence-electron chi connectivity index (χ4n) is 3.28. The summed E-state index contributed by atoms with van der Waals surface area (Å²) >= 11 is 1.78. The molecule has 0 saturated heterocycles. The van der Waals surface area contributed by atoms with E-state index >= 15 is 0 Å². The first-order valence-corrected chi connectivity index (χ1v) is 10.5. The molecule has 0 saturated carbocycles. The quantitative estimate of drug-likeness (QED) is 0.413.